The van der Waals surface area contributed by atoms with Gasteiger partial charge in [0.1, 0.15) is 23.2 Å². The minimum absolute atomic E-state index is 0.0664. The van der Waals surface area contributed by atoms with Crippen LogP contribution in [0.1, 0.15) is 17.3 Å². The van der Waals surface area contributed by atoms with Crippen LogP contribution < -0.4 is 5.32 Å². The lowest BCUT2D eigenvalue weighted by atomic mass is 10.1. The lowest BCUT2D eigenvalue weighted by Gasteiger charge is -2.09. The van der Waals surface area contributed by atoms with E-state index in [-0.39, 0.29) is 11.1 Å². The molecule has 3 aromatic rings. The van der Waals surface area contributed by atoms with Crippen molar-refractivity contribution in [1.29, 1.82) is 0 Å². The SMILES string of the molecule is C[C@H](NC(=O)c1cc(F)cc2cc(-c3ccc(Cl)cc3)oc12)C(=O)O. The topological polar surface area (TPSA) is 79.5 Å². The van der Waals surface area contributed by atoms with Gasteiger partial charge in [-0.05, 0) is 49.4 Å². The Balaban J connectivity index is 2.05. The van der Waals surface area contributed by atoms with Gasteiger partial charge in [-0.15, -0.1) is 0 Å². The number of nitrogens with one attached hydrogen (secondary N) is 1. The Morgan fingerprint density at radius 1 is 1.20 bits per heavy atom. The van der Waals surface area contributed by atoms with Crippen LogP contribution in [0.25, 0.3) is 22.3 Å². The number of carbonyl (C=O) groups is 2. The molecule has 0 bridgehead atoms. The zero-order chi connectivity index (χ0) is 18.1. The van der Waals surface area contributed by atoms with Crippen molar-refractivity contribution in [3.05, 3.63) is 58.9 Å². The molecule has 1 aromatic heterocycles. The molecule has 0 saturated carbocycles. The van der Waals surface area contributed by atoms with Crippen molar-refractivity contribution in [3.63, 3.8) is 0 Å². The van der Waals surface area contributed by atoms with Gasteiger partial charge in [0.2, 0.25) is 0 Å². The van der Waals surface area contributed by atoms with E-state index < -0.39 is 23.7 Å². The van der Waals surface area contributed by atoms with E-state index >= 15 is 0 Å². The first kappa shape index (κ1) is 17.0. The predicted molar refractivity (Wildman–Crippen MR) is 91.2 cm³/mol. The van der Waals surface area contributed by atoms with E-state index in [4.69, 9.17) is 21.1 Å². The Morgan fingerprint density at radius 3 is 2.52 bits per heavy atom. The van der Waals surface area contributed by atoms with Gasteiger partial charge in [0.15, 0.2) is 0 Å². The first-order valence-corrected chi connectivity index (χ1v) is 7.75. The molecular weight excluding hydrogens is 349 g/mol. The van der Waals surface area contributed by atoms with Gasteiger partial charge in [-0.1, -0.05) is 11.6 Å². The van der Waals surface area contributed by atoms with Gasteiger partial charge in [0.25, 0.3) is 5.91 Å². The van der Waals surface area contributed by atoms with Gasteiger partial charge in [-0.25, -0.2) is 4.39 Å². The molecule has 0 saturated heterocycles. The van der Waals surface area contributed by atoms with Crippen LogP contribution in [0, 0.1) is 5.82 Å². The van der Waals surface area contributed by atoms with Gasteiger partial charge in [0.05, 0.1) is 5.56 Å². The molecular formula is C18H13ClFNO4. The molecule has 1 heterocycles. The van der Waals surface area contributed by atoms with E-state index in [9.17, 15) is 14.0 Å². The third-order valence-corrected chi connectivity index (χ3v) is 3.92. The van der Waals surface area contributed by atoms with E-state index in [2.05, 4.69) is 5.32 Å². The zero-order valence-electron chi connectivity index (χ0n) is 13.0. The second-order valence-corrected chi connectivity index (χ2v) is 5.96. The van der Waals surface area contributed by atoms with Crippen molar-refractivity contribution in [2.75, 3.05) is 0 Å². The van der Waals surface area contributed by atoms with E-state index in [0.717, 1.165) is 6.07 Å². The molecule has 0 aliphatic rings. The van der Waals surface area contributed by atoms with Crippen LogP contribution in [0.15, 0.2) is 46.9 Å². The van der Waals surface area contributed by atoms with Crippen LogP contribution in [0.4, 0.5) is 4.39 Å². The van der Waals surface area contributed by atoms with Crippen molar-refractivity contribution in [1.82, 2.24) is 5.32 Å². The number of hydrogen-bond donors (Lipinski definition) is 2. The normalized spacial score (nSPS) is 12.1. The highest BCUT2D eigenvalue weighted by Crippen LogP contribution is 2.31. The summed E-state index contributed by atoms with van der Waals surface area (Å²) in [6.45, 7) is 1.32. The number of halogens is 2. The lowest BCUT2D eigenvalue weighted by Crippen LogP contribution is -2.38. The fraction of sp³-hybridized carbons (Fsp3) is 0.111. The summed E-state index contributed by atoms with van der Waals surface area (Å²) >= 11 is 5.86. The van der Waals surface area contributed by atoms with E-state index in [0.29, 0.717) is 21.7 Å². The second kappa shape index (κ2) is 6.57. The minimum atomic E-state index is -1.19. The molecule has 1 atom stereocenters. The van der Waals surface area contributed by atoms with E-state index in [1.165, 1.54) is 13.0 Å². The van der Waals surface area contributed by atoms with Crippen molar-refractivity contribution >= 4 is 34.4 Å². The fourth-order valence-electron chi connectivity index (χ4n) is 2.38. The molecule has 2 aromatic carbocycles. The Morgan fingerprint density at radius 2 is 1.88 bits per heavy atom. The number of rotatable bonds is 4. The van der Waals surface area contributed by atoms with Gasteiger partial charge in [-0.2, -0.15) is 0 Å². The molecule has 0 spiro atoms. The van der Waals surface area contributed by atoms with Gasteiger partial charge >= 0.3 is 5.97 Å². The predicted octanol–water partition coefficient (Wildman–Crippen LogP) is 4.10. The number of carboxylic acids is 1. The summed E-state index contributed by atoms with van der Waals surface area (Å²) in [5.74, 6) is -2.10. The Bertz CT molecular complexity index is 965. The number of benzene rings is 2. The van der Waals surface area contributed by atoms with Crippen LogP contribution in [-0.4, -0.2) is 23.0 Å². The number of fused-ring (bicyclic) bond motifs is 1. The number of carboxylic acid groups (broad SMARTS) is 1. The lowest BCUT2D eigenvalue weighted by molar-refractivity contribution is -0.138. The summed E-state index contributed by atoms with van der Waals surface area (Å²) < 4.78 is 19.6. The number of aliphatic carboxylic acids is 1. The standard InChI is InChI=1S/C18H13ClFNO4/c1-9(18(23)24)21-17(22)14-8-13(20)6-11-7-15(25-16(11)14)10-2-4-12(19)5-3-10/h2-9H,1H3,(H,21,22)(H,23,24)/t9-/m0/s1. The third kappa shape index (κ3) is 3.49. The van der Waals surface area contributed by atoms with E-state index in [1.54, 1.807) is 30.3 Å². The number of furan rings is 1. The smallest absolute Gasteiger partial charge is 0.325 e. The molecule has 0 aliphatic heterocycles. The molecule has 5 nitrogen and oxygen atoms in total. The minimum Gasteiger partial charge on any atom is -0.480 e. The summed E-state index contributed by atoms with van der Waals surface area (Å²) in [5, 5.41) is 12.2. The summed E-state index contributed by atoms with van der Waals surface area (Å²) in [6, 6.07) is 9.61. The third-order valence-electron chi connectivity index (χ3n) is 3.67. The average molecular weight is 362 g/mol. The maximum absolute atomic E-state index is 13.9. The first-order chi connectivity index (χ1) is 11.8. The van der Waals surface area contributed by atoms with Gasteiger partial charge < -0.3 is 14.8 Å². The summed E-state index contributed by atoms with van der Waals surface area (Å²) in [6.07, 6.45) is 0. The zero-order valence-corrected chi connectivity index (χ0v) is 13.8. The van der Waals surface area contributed by atoms with Crippen molar-refractivity contribution < 1.29 is 23.5 Å². The molecule has 128 valence electrons. The van der Waals surface area contributed by atoms with Crippen LogP contribution in [0.5, 0.6) is 0 Å². The molecule has 7 heteroatoms. The molecule has 0 fully saturated rings. The highest BCUT2D eigenvalue weighted by atomic mass is 35.5. The summed E-state index contributed by atoms with van der Waals surface area (Å²) in [5.41, 5.74) is 0.830. The van der Waals surface area contributed by atoms with Crippen molar-refractivity contribution in [3.8, 4) is 11.3 Å². The highest BCUT2D eigenvalue weighted by molar-refractivity contribution is 6.30. The molecule has 1 amide bonds. The first-order valence-electron chi connectivity index (χ1n) is 7.38. The molecule has 25 heavy (non-hydrogen) atoms. The number of carbonyl (C=O) groups excluding carboxylic acids is 1. The number of amides is 1. The monoisotopic (exact) mass is 361 g/mol. The van der Waals surface area contributed by atoms with Crippen molar-refractivity contribution in [2.45, 2.75) is 13.0 Å². The molecule has 3 rings (SSSR count). The second-order valence-electron chi connectivity index (χ2n) is 5.52. The molecule has 0 radical (unpaired) electrons. The quantitative estimate of drug-likeness (QED) is 0.733. The van der Waals surface area contributed by atoms with Gasteiger partial charge in [-0.3, -0.25) is 9.59 Å². The van der Waals surface area contributed by atoms with Crippen LogP contribution >= 0.6 is 11.6 Å². The molecule has 0 unspecified atom stereocenters. The molecule has 0 aliphatic carbocycles. The summed E-state index contributed by atoms with van der Waals surface area (Å²) in [7, 11) is 0. The van der Waals surface area contributed by atoms with Gasteiger partial charge in [0, 0.05) is 16.0 Å². The van der Waals surface area contributed by atoms with Crippen LogP contribution in [-0.2, 0) is 4.79 Å². The highest BCUT2D eigenvalue weighted by Gasteiger charge is 2.21. The van der Waals surface area contributed by atoms with E-state index in [1.807, 2.05) is 0 Å². The maximum Gasteiger partial charge on any atom is 0.325 e. The van der Waals surface area contributed by atoms with Crippen LogP contribution in [0.3, 0.4) is 0 Å². The Labute approximate surface area is 147 Å². The summed E-state index contributed by atoms with van der Waals surface area (Å²) in [4.78, 5) is 23.2. The average Bonchev–Trinajstić information content (AvgIpc) is 2.98. The van der Waals surface area contributed by atoms with Crippen molar-refractivity contribution in [2.24, 2.45) is 0 Å². The Kier molecular flexibility index (Phi) is 4.46. The molecule has 2 N–H and O–H groups in total. The van der Waals surface area contributed by atoms with Crippen LogP contribution in [0.2, 0.25) is 5.02 Å². The Hall–Kier alpha value is -2.86. The largest absolute Gasteiger partial charge is 0.480 e. The fourth-order valence-corrected chi connectivity index (χ4v) is 2.50. The number of hydrogen-bond acceptors (Lipinski definition) is 3. The maximum atomic E-state index is 13.9.